The Labute approximate surface area is 162 Å². The number of hydrogen-bond acceptors (Lipinski definition) is 6. The number of amides is 2. The smallest absolute Gasteiger partial charge is 0.263 e. The Balaban J connectivity index is 1.26. The van der Waals surface area contributed by atoms with Gasteiger partial charge in [0.15, 0.2) is 3.92 Å². The van der Waals surface area contributed by atoms with Crippen molar-refractivity contribution in [3.63, 3.8) is 0 Å². The number of pyridine rings is 1. The van der Waals surface area contributed by atoms with Crippen LogP contribution in [0.15, 0.2) is 28.4 Å². The summed E-state index contributed by atoms with van der Waals surface area (Å²) in [5, 5.41) is 3.05. The van der Waals surface area contributed by atoms with Gasteiger partial charge in [0.05, 0.1) is 6.20 Å². The number of carbonyl (C=O) groups excluding carboxylic acids is 2. The second kappa shape index (κ2) is 6.62. The summed E-state index contributed by atoms with van der Waals surface area (Å²) in [6.45, 7) is 0. The van der Waals surface area contributed by atoms with Crippen LogP contribution in [0.1, 0.15) is 45.7 Å². The largest absolute Gasteiger partial charge is 0.474 e. The molecule has 2 fully saturated rings. The molecular formula is C17H17BrN4O3S. The van der Waals surface area contributed by atoms with Gasteiger partial charge in [-0.15, -0.1) is 11.3 Å². The summed E-state index contributed by atoms with van der Waals surface area (Å²) in [6, 6.07) is 3.47. The average Bonchev–Trinajstić information content (AvgIpc) is 2.97. The molecule has 1 spiro atoms. The highest BCUT2D eigenvalue weighted by Gasteiger charge is 2.54. The minimum absolute atomic E-state index is 0.0390. The number of rotatable bonds is 5. The van der Waals surface area contributed by atoms with Crippen molar-refractivity contribution in [2.24, 2.45) is 11.1 Å². The number of thiazole rings is 1. The SMILES string of the molecule is NC(=O)c1cccnc1OC1CC2(CC(NC(=O)c3cnc(Br)s3)C2)C1. The second-order valence-electron chi connectivity index (χ2n) is 6.92. The third-order valence-corrected chi connectivity index (χ3v) is 6.51. The molecule has 136 valence electrons. The van der Waals surface area contributed by atoms with Crippen molar-refractivity contribution in [2.75, 3.05) is 0 Å². The fraction of sp³-hybridized carbons (Fsp3) is 0.412. The maximum absolute atomic E-state index is 12.1. The minimum Gasteiger partial charge on any atom is -0.474 e. The van der Waals surface area contributed by atoms with E-state index in [0.29, 0.717) is 20.2 Å². The first-order valence-corrected chi connectivity index (χ1v) is 9.89. The van der Waals surface area contributed by atoms with E-state index in [1.54, 1.807) is 24.5 Å². The molecule has 2 saturated carbocycles. The van der Waals surface area contributed by atoms with Gasteiger partial charge in [-0.3, -0.25) is 9.59 Å². The number of halogens is 1. The Morgan fingerprint density at radius 1 is 1.31 bits per heavy atom. The van der Waals surface area contributed by atoms with E-state index in [1.165, 1.54) is 11.3 Å². The molecule has 2 heterocycles. The van der Waals surface area contributed by atoms with Crippen LogP contribution in [-0.4, -0.2) is 33.9 Å². The van der Waals surface area contributed by atoms with E-state index in [4.69, 9.17) is 10.5 Å². The number of aromatic nitrogens is 2. The molecule has 2 aliphatic carbocycles. The summed E-state index contributed by atoms with van der Waals surface area (Å²) in [7, 11) is 0. The molecule has 2 aromatic heterocycles. The van der Waals surface area contributed by atoms with Crippen LogP contribution in [-0.2, 0) is 0 Å². The van der Waals surface area contributed by atoms with Crippen LogP contribution in [0.25, 0.3) is 0 Å². The number of carbonyl (C=O) groups is 2. The van der Waals surface area contributed by atoms with Gasteiger partial charge in [-0.2, -0.15) is 0 Å². The Morgan fingerprint density at radius 2 is 2.08 bits per heavy atom. The molecule has 9 heteroatoms. The Morgan fingerprint density at radius 3 is 2.73 bits per heavy atom. The van der Waals surface area contributed by atoms with Gasteiger partial charge < -0.3 is 15.8 Å². The lowest BCUT2D eigenvalue weighted by molar-refractivity contribution is -0.0848. The average molecular weight is 437 g/mol. The van der Waals surface area contributed by atoms with Gasteiger partial charge in [-0.05, 0) is 59.2 Å². The molecule has 0 atom stereocenters. The van der Waals surface area contributed by atoms with Crippen LogP contribution in [0.5, 0.6) is 5.88 Å². The maximum Gasteiger partial charge on any atom is 0.263 e. The van der Waals surface area contributed by atoms with Crippen LogP contribution in [0.2, 0.25) is 0 Å². The molecule has 0 aliphatic heterocycles. The first-order valence-electron chi connectivity index (χ1n) is 8.28. The fourth-order valence-corrected chi connectivity index (χ4v) is 5.02. The normalized spacial score (nSPS) is 26.7. The lowest BCUT2D eigenvalue weighted by Crippen LogP contribution is -2.58. The van der Waals surface area contributed by atoms with Crippen LogP contribution in [0.4, 0.5) is 0 Å². The Kier molecular flexibility index (Phi) is 4.44. The van der Waals surface area contributed by atoms with Crippen molar-refractivity contribution in [1.29, 1.82) is 0 Å². The van der Waals surface area contributed by atoms with E-state index in [2.05, 4.69) is 31.2 Å². The fourth-order valence-electron chi connectivity index (χ4n) is 3.85. The molecule has 2 aromatic rings. The van der Waals surface area contributed by atoms with Gasteiger partial charge in [-0.25, -0.2) is 9.97 Å². The number of primary amides is 1. The summed E-state index contributed by atoms with van der Waals surface area (Å²) >= 11 is 4.59. The summed E-state index contributed by atoms with van der Waals surface area (Å²) < 4.78 is 6.56. The summed E-state index contributed by atoms with van der Waals surface area (Å²) in [5.74, 6) is -0.303. The molecule has 0 bridgehead atoms. The van der Waals surface area contributed by atoms with Crippen molar-refractivity contribution in [1.82, 2.24) is 15.3 Å². The lowest BCUT2D eigenvalue weighted by atomic mass is 9.53. The molecular weight excluding hydrogens is 420 g/mol. The van der Waals surface area contributed by atoms with Gasteiger partial charge in [0.25, 0.3) is 11.8 Å². The number of hydrogen-bond donors (Lipinski definition) is 2. The first kappa shape index (κ1) is 17.4. The molecule has 4 rings (SSSR count). The highest BCUT2D eigenvalue weighted by Crippen LogP contribution is 2.56. The van der Waals surface area contributed by atoms with E-state index < -0.39 is 5.91 Å². The quantitative estimate of drug-likeness (QED) is 0.748. The zero-order chi connectivity index (χ0) is 18.3. The molecule has 26 heavy (non-hydrogen) atoms. The predicted octanol–water partition coefficient (Wildman–Crippen LogP) is 2.52. The standard InChI is InChI=1S/C17H17BrN4O3S/c18-16-21-8-12(26-16)14(24)22-9-4-17(5-9)6-10(7-17)25-15-11(13(19)23)2-1-3-20-15/h1-3,8-10H,4-7H2,(H2,19,23)(H,22,24). The Hall–Kier alpha value is -2.00. The minimum atomic E-state index is -0.539. The van der Waals surface area contributed by atoms with Crippen molar-refractivity contribution in [3.8, 4) is 5.88 Å². The molecule has 0 radical (unpaired) electrons. The number of nitrogens with one attached hydrogen (secondary N) is 1. The van der Waals surface area contributed by atoms with Crippen LogP contribution in [0.3, 0.4) is 0 Å². The second-order valence-corrected chi connectivity index (χ2v) is 9.23. The molecule has 0 saturated heterocycles. The summed E-state index contributed by atoms with van der Waals surface area (Å²) in [5.41, 5.74) is 5.89. The van der Waals surface area contributed by atoms with Gasteiger partial charge in [-0.1, -0.05) is 0 Å². The van der Waals surface area contributed by atoms with Crippen LogP contribution < -0.4 is 15.8 Å². The maximum atomic E-state index is 12.1. The highest BCUT2D eigenvalue weighted by atomic mass is 79.9. The van der Waals surface area contributed by atoms with Crippen molar-refractivity contribution >= 4 is 39.1 Å². The van der Waals surface area contributed by atoms with Crippen molar-refractivity contribution in [2.45, 2.75) is 37.8 Å². The first-order chi connectivity index (χ1) is 12.4. The van der Waals surface area contributed by atoms with Gasteiger partial charge in [0, 0.05) is 12.2 Å². The zero-order valence-corrected chi connectivity index (χ0v) is 16.2. The molecule has 7 nitrogen and oxygen atoms in total. The summed E-state index contributed by atoms with van der Waals surface area (Å²) in [4.78, 5) is 32.3. The van der Waals surface area contributed by atoms with E-state index in [9.17, 15) is 9.59 Å². The molecule has 2 amide bonds. The molecule has 0 unspecified atom stereocenters. The van der Waals surface area contributed by atoms with E-state index >= 15 is 0 Å². The molecule has 3 N–H and O–H groups in total. The van der Waals surface area contributed by atoms with Crippen molar-refractivity contribution < 1.29 is 14.3 Å². The van der Waals surface area contributed by atoms with Gasteiger partial charge >= 0.3 is 0 Å². The number of ether oxygens (including phenoxy) is 1. The monoisotopic (exact) mass is 436 g/mol. The number of nitrogens with zero attached hydrogens (tertiary/aromatic N) is 2. The molecule has 0 aromatic carbocycles. The zero-order valence-electron chi connectivity index (χ0n) is 13.8. The highest BCUT2D eigenvalue weighted by molar-refractivity contribution is 9.11. The van der Waals surface area contributed by atoms with Crippen LogP contribution >= 0.6 is 27.3 Å². The third kappa shape index (κ3) is 3.33. The van der Waals surface area contributed by atoms with Gasteiger partial charge in [0.2, 0.25) is 5.88 Å². The predicted molar refractivity (Wildman–Crippen MR) is 99.1 cm³/mol. The van der Waals surface area contributed by atoms with E-state index in [1.807, 2.05) is 0 Å². The van der Waals surface area contributed by atoms with E-state index in [0.717, 1.165) is 25.7 Å². The Bertz CT molecular complexity index is 857. The van der Waals surface area contributed by atoms with Gasteiger partial charge in [0.1, 0.15) is 16.5 Å². The number of nitrogens with two attached hydrogens (primary N) is 1. The van der Waals surface area contributed by atoms with Crippen LogP contribution in [0, 0.1) is 5.41 Å². The summed E-state index contributed by atoms with van der Waals surface area (Å²) in [6.07, 6.45) is 6.91. The van der Waals surface area contributed by atoms with Crippen molar-refractivity contribution in [3.05, 3.63) is 38.9 Å². The van der Waals surface area contributed by atoms with E-state index in [-0.39, 0.29) is 23.5 Å². The lowest BCUT2D eigenvalue weighted by Gasteiger charge is -2.57. The topological polar surface area (TPSA) is 107 Å². The third-order valence-electron chi connectivity index (χ3n) is 5.03. The molecule has 2 aliphatic rings.